The van der Waals surface area contributed by atoms with Crippen LogP contribution < -0.4 is 11.5 Å². The molecule has 0 radical (unpaired) electrons. The summed E-state index contributed by atoms with van der Waals surface area (Å²) in [7, 11) is 9.67. The van der Waals surface area contributed by atoms with Crippen LogP contribution in [-0.4, -0.2) is 13.1 Å². The number of halogens is 2. The maximum atomic E-state index is 6.42. The Morgan fingerprint density at radius 2 is 0.964 bits per heavy atom. The molecule has 0 aliphatic carbocycles. The average Bonchev–Trinajstić information content (AvgIpc) is 2.53. The van der Waals surface area contributed by atoms with Crippen molar-refractivity contribution in [3.8, 4) is 0 Å². The van der Waals surface area contributed by atoms with Crippen molar-refractivity contribution in [1.29, 1.82) is 0 Å². The quantitative estimate of drug-likeness (QED) is 0.468. The second-order valence-corrected chi connectivity index (χ2v) is 9.96. The van der Waals surface area contributed by atoms with Gasteiger partial charge in [-0.25, -0.2) is 0 Å². The topological polar surface area (TPSA) is 66.1 Å². The Balaban J connectivity index is 0.00000122. The molecular formula is C22H32Cl2N3Rh. The van der Waals surface area contributed by atoms with Gasteiger partial charge in [-0.3, -0.25) is 0 Å². The third-order valence-electron chi connectivity index (χ3n) is 4.87. The van der Waals surface area contributed by atoms with Gasteiger partial charge in [0.15, 0.2) is 0 Å². The molecule has 28 heavy (non-hydrogen) atoms. The number of nitrogens with zero attached hydrogens (tertiary/aromatic N) is 1. The Hall–Kier alpha value is -0.477. The molecule has 0 saturated carbocycles. The fourth-order valence-electron chi connectivity index (χ4n) is 4.09. The van der Waals surface area contributed by atoms with Crippen LogP contribution in [0.15, 0.2) is 24.3 Å². The summed E-state index contributed by atoms with van der Waals surface area (Å²) in [5, 5.41) is 4.68. The van der Waals surface area contributed by atoms with Crippen molar-refractivity contribution in [2.75, 3.05) is 13.1 Å². The Morgan fingerprint density at radius 1 is 0.714 bits per heavy atom. The predicted molar refractivity (Wildman–Crippen MR) is 120 cm³/mol. The molecule has 158 valence electrons. The van der Waals surface area contributed by atoms with E-state index in [2.05, 4.69) is 71.1 Å². The molecule has 0 bridgehead atoms. The Kier molecular flexibility index (Phi) is 11.2. The normalized spacial score (nSPS) is 13.1. The molecular weight excluding hydrogens is 480 g/mol. The first-order chi connectivity index (χ1) is 13.1. The number of hydrogen-bond acceptors (Lipinski definition) is 2. The second-order valence-electron chi connectivity index (χ2n) is 7.47. The van der Waals surface area contributed by atoms with E-state index < -0.39 is 0 Å². The van der Waals surface area contributed by atoms with Crippen molar-refractivity contribution in [3.05, 3.63) is 74.1 Å². The van der Waals surface area contributed by atoms with E-state index >= 15 is 0 Å². The fraction of sp³-hybridized carbons (Fsp3) is 0.455. The Morgan fingerprint density at radius 3 is 1.21 bits per heavy atom. The maximum absolute atomic E-state index is 6.42. The van der Waals surface area contributed by atoms with Gasteiger partial charge in [0.25, 0.3) is 0 Å². The summed E-state index contributed by atoms with van der Waals surface area (Å²) < 4.78 is 0. The minimum absolute atomic E-state index is 0.0759. The molecule has 4 N–H and O–H groups in total. The zero-order valence-corrected chi connectivity index (χ0v) is 20.7. The SMILES string of the molecule is Cc1cc(C)c(C(N)C[N-]CC(N)c2c(C)cc(C)cc2C)c(C)c1.[Cl][Rh+][Cl]. The molecule has 2 aromatic carbocycles. The summed E-state index contributed by atoms with van der Waals surface area (Å²) in [6.45, 7) is 13.9. The van der Waals surface area contributed by atoms with Crippen LogP contribution in [0, 0.1) is 41.5 Å². The summed E-state index contributed by atoms with van der Waals surface area (Å²) in [6, 6.07) is 8.60. The summed E-state index contributed by atoms with van der Waals surface area (Å²) in [4.78, 5) is 0. The van der Waals surface area contributed by atoms with E-state index in [0.29, 0.717) is 13.1 Å². The first-order valence-electron chi connectivity index (χ1n) is 9.25. The summed E-state index contributed by atoms with van der Waals surface area (Å²) >= 11 is -0.226. The molecule has 6 heteroatoms. The van der Waals surface area contributed by atoms with Crippen molar-refractivity contribution >= 4 is 19.4 Å². The van der Waals surface area contributed by atoms with Crippen molar-refractivity contribution < 1.29 is 15.1 Å². The van der Waals surface area contributed by atoms with Crippen LogP contribution in [0.2, 0.25) is 0 Å². The van der Waals surface area contributed by atoms with Crippen molar-refractivity contribution in [3.63, 3.8) is 0 Å². The molecule has 0 aliphatic rings. The molecule has 0 fully saturated rings. The number of hydrogen-bond donors (Lipinski definition) is 2. The summed E-state index contributed by atoms with van der Waals surface area (Å²) in [5.74, 6) is 0. The van der Waals surface area contributed by atoms with Crippen LogP contribution in [0.4, 0.5) is 0 Å². The number of rotatable bonds is 6. The Bertz CT molecular complexity index is 671. The van der Waals surface area contributed by atoms with Gasteiger partial charge in [-0.15, -0.1) is 13.1 Å². The molecule has 3 nitrogen and oxygen atoms in total. The molecule has 0 aromatic heterocycles. The molecule has 2 rings (SSSR count). The standard InChI is InChI=1S/C22H32N3.2ClH.Rh/c1-13-7-15(3)21(16(4)8-13)19(23)11-25-12-20(24)22-17(5)9-14(2)10-18(22)6;;;/h7-10,19-20H,11-12,23-24H2,1-6H3;2*1H;/q-1;;;+3/p-2. The van der Waals surface area contributed by atoms with Gasteiger partial charge in [0, 0.05) is 12.1 Å². The summed E-state index contributed by atoms with van der Waals surface area (Å²) in [5.41, 5.74) is 22.8. The van der Waals surface area contributed by atoms with Gasteiger partial charge in [-0.05, 0) is 74.9 Å². The van der Waals surface area contributed by atoms with Crippen LogP contribution in [0.1, 0.15) is 56.6 Å². The number of nitrogens with two attached hydrogens (primary N) is 2. The third kappa shape index (κ3) is 7.41. The van der Waals surface area contributed by atoms with E-state index in [1.54, 1.807) is 0 Å². The molecule has 2 unspecified atom stereocenters. The van der Waals surface area contributed by atoms with E-state index in [-0.39, 0.29) is 27.2 Å². The first kappa shape index (κ1) is 25.6. The third-order valence-corrected chi connectivity index (χ3v) is 4.87. The minimum atomic E-state index is -0.226. The van der Waals surface area contributed by atoms with Crippen LogP contribution in [0.5, 0.6) is 0 Å². The van der Waals surface area contributed by atoms with Crippen LogP contribution >= 0.6 is 19.4 Å². The summed E-state index contributed by atoms with van der Waals surface area (Å²) in [6.07, 6.45) is 0. The predicted octanol–water partition coefficient (Wildman–Crippen LogP) is 5.99. The Labute approximate surface area is 186 Å². The molecule has 2 aromatic rings. The molecule has 0 saturated heterocycles. The second kappa shape index (κ2) is 12.3. The van der Waals surface area contributed by atoms with Gasteiger partial charge in [0.2, 0.25) is 0 Å². The number of aryl methyl sites for hydroxylation is 6. The molecule has 0 spiro atoms. The van der Waals surface area contributed by atoms with Gasteiger partial charge in [0.1, 0.15) is 0 Å². The molecule has 0 amide bonds. The van der Waals surface area contributed by atoms with Gasteiger partial charge < -0.3 is 16.8 Å². The van der Waals surface area contributed by atoms with Gasteiger partial charge in [0.05, 0.1) is 0 Å². The van der Waals surface area contributed by atoms with Gasteiger partial charge in [-0.2, -0.15) is 0 Å². The van der Waals surface area contributed by atoms with E-state index in [0.717, 1.165) is 0 Å². The van der Waals surface area contributed by atoms with Crippen LogP contribution in [0.3, 0.4) is 0 Å². The van der Waals surface area contributed by atoms with Crippen molar-refractivity contribution in [2.45, 2.75) is 53.6 Å². The molecule has 2 atom stereocenters. The monoisotopic (exact) mass is 511 g/mol. The average molecular weight is 512 g/mol. The fourth-order valence-corrected chi connectivity index (χ4v) is 4.09. The van der Waals surface area contributed by atoms with E-state index in [1.165, 1.54) is 44.5 Å². The zero-order valence-electron chi connectivity index (χ0n) is 17.6. The zero-order chi connectivity index (χ0) is 21.4. The molecule has 0 aliphatic heterocycles. The van der Waals surface area contributed by atoms with Crippen molar-refractivity contribution in [1.82, 2.24) is 0 Å². The van der Waals surface area contributed by atoms with Crippen LogP contribution in [0.25, 0.3) is 5.32 Å². The van der Waals surface area contributed by atoms with E-state index in [1.807, 2.05) is 0 Å². The molecule has 0 heterocycles. The van der Waals surface area contributed by atoms with E-state index in [4.69, 9.17) is 30.8 Å². The van der Waals surface area contributed by atoms with Crippen LogP contribution in [-0.2, 0) is 15.1 Å². The number of benzene rings is 2. The van der Waals surface area contributed by atoms with E-state index in [9.17, 15) is 0 Å². The van der Waals surface area contributed by atoms with Gasteiger partial charge in [-0.1, -0.05) is 35.4 Å². The van der Waals surface area contributed by atoms with Gasteiger partial charge >= 0.3 is 34.5 Å². The van der Waals surface area contributed by atoms with Crippen molar-refractivity contribution in [2.24, 2.45) is 11.5 Å². The first-order valence-corrected chi connectivity index (χ1v) is 13.5.